The highest BCUT2D eigenvalue weighted by Crippen LogP contribution is 2.31. The summed E-state index contributed by atoms with van der Waals surface area (Å²) in [7, 11) is 2.88. The molecule has 0 atom stereocenters. The number of hydrogen-bond acceptors (Lipinski definition) is 4. The van der Waals surface area contributed by atoms with E-state index >= 15 is 0 Å². The van der Waals surface area contributed by atoms with E-state index in [-0.39, 0.29) is 0 Å². The van der Waals surface area contributed by atoms with E-state index in [2.05, 4.69) is 4.98 Å². The highest BCUT2D eigenvalue weighted by Gasteiger charge is 2.17. The van der Waals surface area contributed by atoms with Gasteiger partial charge >= 0.3 is 5.97 Å². The first kappa shape index (κ1) is 12.4. The van der Waals surface area contributed by atoms with Gasteiger partial charge in [-0.15, -0.1) is 0 Å². The zero-order chi connectivity index (χ0) is 13.3. The number of nitrogens with zero attached hydrogens (tertiary/aromatic N) is 1. The first-order valence-electron chi connectivity index (χ1n) is 5.60. The number of pyridine rings is 1. The van der Waals surface area contributed by atoms with Gasteiger partial charge in [-0.3, -0.25) is 4.98 Å². The van der Waals surface area contributed by atoms with E-state index < -0.39 is 5.97 Å². The van der Waals surface area contributed by atoms with E-state index in [4.69, 9.17) is 9.47 Å². The maximum atomic E-state index is 11.7. The van der Waals surface area contributed by atoms with Gasteiger partial charge in [0.15, 0.2) is 0 Å². The Labute approximate surface area is 106 Å². The molecule has 1 heterocycles. The molecular formula is C14H15NO3. The van der Waals surface area contributed by atoms with Crippen LogP contribution in [-0.4, -0.2) is 25.2 Å². The van der Waals surface area contributed by atoms with Crippen molar-refractivity contribution in [2.75, 3.05) is 14.2 Å². The van der Waals surface area contributed by atoms with Gasteiger partial charge in [-0.25, -0.2) is 4.79 Å². The number of benzene rings is 1. The summed E-state index contributed by atoms with van der Waals surface area (Å²) in [6.45, 7) is 3.98. The van der Waals surface area contributed by atoms with E-state index in [1.165, 1.54) is 13.3 Å². The quantitative estimate of drug-likeness (QED) is 0.763. The highest BCUT2D eigenvalue weighted by molar-refractivity contribution is 6.00. The largest absolute Gasteiger partial charge is 0.495 e. The van der Waals surface area contributed by atoms with Crippen molar-refractivity contribution < 1.29 is 14.3 Å². The van der Waals surface area contributed by atoms with Crippen LogP contribution >= 0.6 is 0 Å². The fraction of sp³-hybridized carbons (Fsp3) is 0.286. The van der Waals surface area contributed by atoms with Gasteiger partial charge in [0.2, 0.25) is 0 Å². The third-order valence-electron chi connectivity index (χ3n) is 2.87. The zero-order valence-electron chi connectivity index (χ0n) is 10.9. The number of methoxy groups -OCH3 is 2. The second kappa shape index (κ2) is 4.64. The lowest BCUT2D eigenvalue weighted by atomic mass is 10.0. The van der Waals surface area contributed by atoms with Crippen molar-refractivity contribution >= 4 is 16.9 Å². The highest BCUT2D eigenvalue weighted by atomic mass is 16.5. The topological polar surface area (TPSA) is 48.4 Å². The summed E-state index contributed by atoms with van der Waals surface area (Å²) in [4.78, 5) is 16.0. The molecule has 0 spiro atoms. The van der Waals surface area contributed by atoms with Crippen molar-refractivity contribution in [1.29, 1.82) is 0 Å². The van der Waals surface area contributed by atoms with Gasteiger partial charge in [0, 0.05) is 11.6 Å². The predicted molar refractivity (Wildman–Crippen MR) is 69.1 cm³/mol. The molecule has 18 heavy (non-hydrogen) atoms. The maximum absolute atomic E-state index is 11.7. The third kappa shape index (κ3) is 1.90. The number of rotatable bonds is 2. The Bertz CT molecular complexity index is 620. The minimum absolute atomic E-state index is 0.345. The van der Waals surface area contributed by atoms with Crippen molar-refractivity contribution in [3.8, 4) is 5.75 Å². The molecule has 4 heteroatoms. The lowest BCUT2D eigenvalue weighted by Crippen LogP contribution is -2.05. The van der Waals surface area contributed by atoms with Crippen LogP contribution in [0.15, 0.2) is 18.3 Å². The van der Waals surface area contributed by atoms with Crippen molar-refractivity contribution in [2.45, 2.75) is 13.8 Å². The molecule has 4 nitrogen and oxygen atoms in total. The molecule has 0 unspecified atom stereocenters. The van der Waals surface area contributed by atoms with Crippen LogP contribution in [0.3, 0.4) is 0 Å². The molecule has 0 bridgehead atoms. The summed E-state index contributed by atoms with van der Waals surface area (Å²) in [5, 5.41) is 0.831. The average Bonchev–Trinajstić information content (AvgIpc) is 2.36. The molecule has 0 radical (unpaired) electrons. The smallest absolute Gasteiger partial charge is 0.343 e. The van der Waals surface area contributed by atoms with Crippen LogP contribution in [0.5, 0.6) is 5.75 Å². The van der Waals surface area contributed by atoms with Gasteiger partial charge in [-0.2, -0.15) is 0 Å². The molecule has 0 aliphatic rings. The molecule has 94 valence electrons. The van der Waals surface area contributed by atoms with Gasteiger partial charge in [-0.1, -0.05) is 6.07 Å². The molecule has 0 amide bonds. The van der Waals surface area contributed by atoms with Crippen molar-refractivity contribution in [3.63, 3.8) is 0 Å². The number of fused-ring (bicyclic) bond motifs is 1. The van der Waals surface area contributed by atoms with E-state index in [0.29, 0.717) is 11.3 Å². The Morgan fingerprint density at radius 1 is 1.22 bits per heavy atom. The summed E-state index contributed by atoms with van der Waals surface area (Å²) in [6.07, 6.45) is 1.50. The van der Waals surface area contributed by atoms with E-state index in [9.17, 15) is 4.79 Å². The van der Waals surface area contributed by atoms with Crippen LogP contribution in [-0.2, 0) is 4.74 Å². The minimum atomic E-state index is -0.444. The van der Waals surface area contributed by atoms with Crippen LogP contribution in [0, 0.1) is 13.8 Å². The molecule has 2 rings (SSSR count). The standard InChI is InChI=1S/C14H15NO3/c1-8-5-9(2)12-10(6-8)13(17-3)11(7-15-12)14(16)18-4/h5-7H,1-4H3. The van der Waals surface area contributed by atoms with E-state index in [1.54, 1.807) is 7.11 Å². The number of esters is 1. The van der Waals surface area contributed by atoms with Gasteiger partial charge < -0.3 is 9.47 Å². The summed E-state index contributed by atoms with van der Waals surface area (Å²) < 4.78 is 10.1. The van der Waals surface area contributed by atoms with E-state index in [1.807, 2.05) is 26.0 Å². The van der Waals surface area contributed by atoms with Gasteiger partial charge in [0.05, 0.1) is 19.7 Å². The lowest BCUT2D eigenvalue weighted by Gasteiger charge is -2.11. The Morgan fingerprint density at radius 2 is 1.94 bits per heavy atom. The molecule has 2 aromatic rings. The monoisotopic (exact) mass is 245 g/mol. The van der Waals surface area contributed by atoms with Crippen LogP contribution in [0.25, 0.3) is 10.9 Å². The summed E-state index contributed by atoms with van der Waals surface area (Å²) >= 11 is 0. The Morgan fingerprint density at radius 3 is 2.56 bits per heavy atom. The first-order chi connectivity index (χ1) is 8.58. The number of ether oxygens (including phenoxy) is 2. The molecule has 0 saturated heterocycles. The number of hydrogen-bond donors (Lipinski definition) is 0. The Hall–Kier alpha value is -2.10. The van der Waals surface area contributed by atoms with Gasteiger partial charge in [0.1, 0.15) is 11.3 Å². The van der Waals surface area contributed by atoms with Crippen LogP contribution in [0.4, 0.5) is 0 Å². The van der Waals surface area contributed by atoms with Crippen LogP contribution < -0.4 is 4.74 Å². The number of carbonyl (C=O) groups excluding carboxylic acids is 1. The summed E-state index contributed by atoms with van der Waals surface area (Å²) in [5.41, 5.74) is 3.34. The van der Waals surface area contributed by atoms with Crippen molar-refractivity contribution in [3.05, 3.63) is 35.0 Å². The molecule has 1 aromatic carbocycles. The molecule has 0 aliphatic carbocycles. The minimum Gasteiger partial charge on any atom is -0.495 e. The fourth-order valence-electron chi connectivity index (χ4n) is 2.11. The number of aryl methyl sites for hydroxylation is 2. The van der Waals surface area contributed by atoms with Gasteiger partial charge in [-0.05, 0) is 31.0 Å². The molecular weight excluding hydrogens is 230 g/mol. The SMILES string of the molecule is COC(=O)c1cnc2c(C)cc(C)cc2c1OC. The predicted octanol–water partition coefficient (Wildman–Crippen LogP) is 2.65. The second-order valence-electron chi connectivity index (χ2n) is 4.17. The molecule has 0 N–H and O–H groups in total. The third-order valence-corrected chi connectivity index (χ3v) is 2.87. The zero-order valence-corrected chi connectivity index (χ0v) is 10.9. The van der Waals surface area contributed by atoms with E-state index in [0.717, 1.165) is 22.0 Å². The Kier molecular flexibility index (Phi) is 3.19. The first-order valence-corrected chi connectivity index (χ1v) is 5.60. The van der Waals surface area contributed by atoms with Crippen molar-refractivity contribution in [2.24, 2.45) is 0 Å². The van der Waals surface area contributed by atoms with Crippen molar-refractivity contribution in [1.82, 2.24) is 4.98 Å². The molecule has 0 aliphatic heterocycles. The average molecular weight is 245 g/mol. The number of carbonyl (C=O) groups is 1. The van der Waals surface area contributed by atoms with Crippen LogP contribution in [0.1, 0.15) is 21.5 Å². The summed E-state index contributed by atoms with van der Waals surface area (Å²) in [5.74, 6) is 0.0686. The fourth-order valence-corrected chi connectivity index (χ4v) is 2.11. The van der Waals surface area contributed by atoms with Gasteiger partial charge in [0.25, 0.3) is 0 Å². The molecule has 0 fully saturated rings. The molecule has 0 saturated carbocycles. The Balaban J connectivity index is 2.82. The second-order valence-corrected chi connectivity index (χ2v) is 4.17. The molecule has 1 aromatic heterocycles. The lowest BCUT2D eigenvalue weighted by molar-refractivity contribution is 0.0597. The normalized spacial score (nSPS) is 10.4. The summed E-state index contributed by atoms with van der Waals surface area (Å²) in [6, 6.07) is 4.01. The van der Waals surface area contributed by atoms with Crippen LogP contribution in [0.2, 0.25) is 0 Å². The number of aromatic nitrogens is 1. The maximum Gasteiger partial charge on any atom is 0.343 e.